The summed E-state index contributed by atoms with van der Waals surface area (Å²) >= 11 is 0. The molecule has 4 heteroatoms. The van der Waals surface area contributed by atoms with Gasteiger partial charge in [-0.15, -0.1) is 0 Å². The number of amides is 1. The number of nitrogens with two attached hydrogens (primary N) is 1. The molecule has 4 nitrogen and oxygen atoms in total. The van der Waals surface area contributed by atoms with Gasteiger partial charge in [0, 0.05) is 12.1 Å². The van der Waals surface area contributed by atoms with Crippen molar-refractivity contribution in [2.75, 3.05) is 6.54 Å². The molecule has 4 N–H and O–H groups in total. The summed E-state index contributed by atoms with van der Waals surface area (Å²) in [6.07, 6.45) is 2.71. The number of hydrogen-bond donors (Lipinski definition) is 3. The Morgan fingerprint density at radius 1 is 1.71 bits per heavy atom. The van der Waals surface area contributed by atoms with Crippen LogP contribution < -0.4 is 16.4 Å². The van der Waals surface area contributed by atoms with Gasteiger partial charge in [0.05, 0.1) is 6.04 Å². The molecule has 0 aromatic heterocycles. The average molecular weight is 199 g/mol. The molecule has 0 aromatic carbocycles. The van der Waals surface area contributed by atoms with E-state index >= 15 is 0 Å². The van der Waals surface area contributed by atoms with Gasteiger partial charge in [0.15, 0.2) is 0 Å². The minimum Gasteiger partial charge on any atom is -0.352 e. The summed E-state index contributed by atoms with van der Waals surface area (Å²) in [5, 5.41) is 6.34. The van der Waals surface area contributed by atoms with Gasteiger partial charge in [0.25, 0.3) is 0 Å². The second-order valence-corrected chi connectivity index (χ2v) is 4.10. The molecule has 0 aromatic rings. The minimum atomic E-state index is -0.347. The molecule has 82 valence electrons. The zero-order chi connectivity index (χ0) is 10.6. The molecule has 0 saturated carbocycles. The SMILES string of the molecule is CC[C@@H](N)C(=O)NC1CCNC(C)C1. The fourth-order valence-electron chi connectivity index (χ4n) is 1.76. The predicted octanol–water partition coefficient (Wildman–Crippen LogP) is -0.0196. The number of piperidine rings is 1. The molecule has 3 atom stereocenters. The van der Waals surface area contributed by atoms with Crippen LogP contribution in [-0.2, 0) is 4.79 Å². The zero-order valence-electron chi connectivity index (χ0n) is 9.05. The number of nitrogens with one attached hydrogen (secondary N) is 2. The van der Waals surface area contributed by atoms with Gasteiger partial charge in [-0.05, 0) is 32.7 Å². The van der Waals surface area contributed by atoms with Crippen molar-refractivity contribution in [2.45, 2.75) is 51.2 Å². The van der Waals surface area contributed by atoms with E-state index in [4.69, 9.17) is 5.73 Å². The van der Waals surface area contributed by atoms with Crippen molar-refractivity contribution >= 4 is 5.91 Å². The van der Waals surface area contributed by atoms with Gasteiger partial charge in [0.1, 0.15) is 0 Å². The van der Waals surface area contributed by atoms with Crippen molar-refractivity contribution in [2.24, 2.45) is 5.73 Å². The van der Waals surface area contributed by atoms with Crippen molar-refractivity contribution in [3.05, 3.63) is 0 Å². The lowest BCUT2D eigenvalue weighted by molar-refractivity contribution is -0.123. The lowest BCUT2D eigenvalue weighted by atomic mass is 10.0. The van der Waals surface area contributed by atoms with E-state index in [0.717, 1.165) is 19.4 Å². The molecule has 0 bridgehead atoms. The molecule has 1 heterocycles. The first-order valence-corrected chi connectivity index (χ1v) is 5.42. The van der Waals surface area contributed by atoms with Gasteiger partial charge in [-0.2, -0.15) is 0 Å². The lowest BCUT2D eigenvalue weighted by Gasteiger charge is -2.29. The summed E-state index contributed by atoms with van der Waals surface area (Å²) in [5.41, 5.74) is 5.64. The minimum absolute atomic E-state index is 0.00778. The third-order valence-electron chi connectivity index (χ3n) is 2.75. The van der Waals surface area contributed by atoms with Crippen LogP contribution in [0.25, 0.3) is 0 Å². The van der Waals surface area contributed by atoms with E-state index in [9.17, 15) is 4.79 Å². The first-order chi connectivity index (χ1) is 6.63. The van der Waals surface area contributed by atoms with Crippen LogP contribution >= 0.6 is 0 Å². The van der Waals surface area contributed by atoms with E-state index in [0.29, 0.717) is 18.5 Å². The number of carbonyl (C=O) groups is 1. The van der Waals surface area contributed by atoms with E-state index in [-0.39, 0.29) is 11.9 Å². The molecule has 0 radical (unpaired) electrons. The third-order valence-corrected chi connectivity index (χ3v) is 2.75. The average Bonchev–Trinajstić information content (AvgIpc) is 2.16. The van der Waals surface area contributed by atoms with Crippen LogP contribution in [0.1, 0.15) is 33.1 Å². The largest absolute Gasteiger partial charge is 0.352 e. The lowest BCUT2D eigenvalue weighted by Crippen LogP contribution is -2.50. The summed E-state index contributed by atoms with van der Waals surface area (Å²) in [4.78, 5) is 11.5. The number of carbonyl (C=O) groups excluding carboxylic acids is 1. The smallest absolute Gasteiger partial charge is 0.237 e. The summed E-state index contributed by atoms with van der Waals surface area (Å²) in [5.74, 6) is -0.00778. The second kappa shape index (κ2) is 5.32. The van der Waals surface area contributed by atoms with Crippen LogP contribution in [0, 0.1) is 0 Å². The highest BCUT2D eigenvalue weighted by Gasteiger charge is 2.21. The van der Waals surface area contributed by atoms with Gasteiger partial charge < -0.3 is 16.4 Å². The molecule has 2 unspecified atom stereocenters. The topological polar surface area (TPSA) is 67.2 Å². The summed E-state index contributed by atoms with van der Waals surface area (Å²) < 4.78 is 0. The van der Waals surface area contributed by atoms with E-state index in [1.165, 1.54) is 0 Å². The van der Waals surface area contributed by atoms with Gasteiger partial charge in [-0.25, -0.2) is 0 Å². The normalized spacial score (nSPS) is 29.6. The monoisotopic (exact) mass is 199 g/mol. The zero-order valence-corrected chi connectivity index (χ0v) is 9.05. The van der Waals surface area contributed by atoms with Gasteiger partial charge in [-0.3, -0.25) is 4.79 Å². The molecule has 1 rings (SSSR count). The molecule has 14 heavy (non-hydrogen) atoms. The van der Waals surface area contributed by atoms with Crippen molar-refractivity contribution in [1.29, 1.82) is 0 Å². The fraction of sp³-hybridized carbons (Fsp3) is 0.900. The Balaban J connectivity index is 2.32. The predicted molar refractivity (Wildman–Crippen MR) is 56.9 cm³/mol. The van der Waals surface area contributed by atoms with Crippen molar-refractivity contribution in [3.8, 4) is 0 Å². The van der Waals surface area contributed by atoms with Crippen molar-refractivity contribution < 1.29 is 4.79 Å². The summed E-state index contributed by atoms with van der Waals surface area (Å²) in [6, 6.07) is 0.448. The Kier molecular flexibility index (Phi) is 4.35. The fourth-order valence-corrected chi connectivity index (χ4v) is 1.76. The first-order valence-electron chi connectivity index (χ1n) is 5.42. The van der Waals surface area contributed by atoms with E-state index in [2.05, 4.69) is 17.6 Å². The van der Waals surface area contributed by atoms with Crippen molar-refractivity contribution in [1.82, 2.24) is 10.6 Å². The highest BCUT2D eigenvalue weighted by Crippen LogP contribution is 2.08. The Labute approximate surface area is 85.6 Å². The Bertz CT molecular complexity index is 196. The maximum absolute atomic E-state index is 11.5. The molecule has 0 aliphatic carbocycles. The molecule has 1 aliphatic heterocycles. The highest BCUT2D eigenvalue weighted by atomic mass is 16.2. The Morgan fingerprint density at radius 2 is 2.43 bits per heavy atom. The number of rotatable bonds is 3. The third kappa shape index (κ3) is 3.27. The standard InChI is InChI=1S/C10H21N3O/c1-3-9(11)10(14)13-8-4-5-12-7(2)6-8/h7-9,12H,3-6,11H2,1-2H3,(H,13,14)/t7?,8?,9-/m1/s1. The quantitative estimate of drug-likeness (QED) is 0.598. The van der Waals surface area contributed by atoms with E-state index in [1.54, 1.807) is 0 Å². The number of hydrogen-bond acceptors (Lipinski definition) is 3. The maximum Gasteiger partial charge on any atom is 0.237 e. The maximum atomic E-state index is 11.5. The van der Waals surface area contributed by atoms with Gasteiger partial charge in [-0.1, -0.05) is 6.92 Å². The highest BCUT2D eigenvalue weighted by molar-refractivity contribution is 5.81. The summed E-state index contributed by atoms with van der Waals surface area (Å²) in [6.45, 7) is 5.04. The molecule has 1 amide bonds. The molecule has 1 fully saturated rings. The van der Waals surface area contributed by atoms with Crippen LogP contribution in [-0.4, -0.2) is 30.6 Å². The molecule has 0 spiro atoms. The molecule has 1 aliphatic rings. The first kappa shape index (κ1) is 11.5. The van der Waals surface area contributed by atoms with E-state index in [1.807, 2.05) is 6.92 Å². The molecular formula is C10H21N3O. The van der Waals surface area contributed by atoms with Crippen LogP contribution in [0.4, 0.5) is 0 Å². The molecular weight excluding hydrogens is 178 g/mol. The van der Waals surface area contributed by atoms with Crippen LogP contribution in [0.15, 0.2) is 0 Å². The van der Waals surface area contributed by atoms with Crippen LogP contribution in [0.3, 0.4) is 0 Å². The Morgan fingerprint density at radius 3 is 3.00 bits per heavy atom. The summed E-state index contributed by atoms with van der Waals surface area (Å²) in [7, 11) is 0. The Hall–Kier alpha value is -0.610. The second-order valence-electron chi connectivity index (χ2n) is 4.10. The van der Waals surface area contributed by atoms with Gasteiger partial charge in [0.2, 0.25) is 5.91 Å². The van der Waals surface area contributed by atoms with Crippen LogP contribution in [0.2, 0.25) is 0 Å². The van der Waals surface area contributed by atoms with Crippen LogP contribution in [0.5, 0.6) is 0 Å². The van der Waals surface area contributed by atoms with E-state index < -0.39 is 0 Å². The van der Waals surface area contributed by atoms with Gasteiger partial charge >= 0.3 is 0 Å². The van der Waals surface area contributed by atoms with Crippen molar-refractivity contribution in [3.63, 3.8) is 0 Å². The molecule has 1 saturated heterocycles.